The van der Waals surface area contributed by atoms with Crippen molar-refractivity contribution in [2.75, 3.05) is 26.3 Å². The van der Waals surface area contributed by atoms with E-state index in [4.69, 9.17) is 9.15 Å². The molecule has 5 heteroatoms. The fourth-order valence-corrected chi connectivity index (χ4v) is 1.44. The summed E-state index contributed by atoms with van der Waals surface area (Å²) in [4.78, 5) is 13.3. The van der Waals surface area contributed by atoms with Gasteiger partial charge in [0.25, 0.3) is 0 Å². The normalized spacial score (nSPS) is 16.6. The van der Waals surface area contributed by atoms with Gasteiger partial charge in [0.1, 0.15) is 5.76 Å². The Morgan fingerprint density at radius 2 is 2.25 bits per heavy atom. The Kier molecular flexibility index (Phi) is 3.61. The zero-order valence-electron chi connectivity index (χ0n) is 8.89. The van der Waals surface area contributed by atoms with Crippen molar-refractivity contribution in [1.82, 2.24) is 10.2 Å². The minimum absolute atomic E-state index is 0.105. The molecule has 1 aliphatic rings. The Morgan fingerprint density at radius 3 is 2.94 bits per heavy atom. The number of hydrogen-bond donors (Lipinski definition) is 1. The fraction of sp³-hybridized carbons (Fsp3) is 0.364. The molecule has 0 radical (unpaired) electrons. The second-order valence-electron chi connectivity index (χ2n) is 3.40. The lowest BCUT2D eigenvalue weighted by molar-refractivity contribution is 0.0540. The van der Waals surface area contributed by atoms with Crippen LogP contribution in [-0.4, -0.2) is 37.2 Å². The molecule has 16 heavy (non-hydrogen) atoms. The van der Waals surface area contributed by atoms with Crippen LogP contribution in [0, 0.1) is 0 Å². The lowest BCUT2D eigenvalue weighted by Crippen LogP contribution is -2.44. The summed E-state index contributed by atoms with van der Waals surface area (Å²) in [6.07, 6.45) is 4.87. The van der Waals surface area contributed by atoms with Gasteiger partial charge in [0.05, 0.1) is 19.5 Å². The average molecular weight is 222 g/mol. The molecular weight excluding hydrogens is 208 g/mol. The van der Waals surface area contributed by atoms with Gasteiger partial charge in [-0.3, -0.25) is 0 Å². The van der Waals surface area contributed by atoms with Gasteiger partial charge in [-0.2, -0.15) is 0 Å². The van der Waals surface area contributed by atoms with E-state index in [0.717, 1.165) is 0 Å². The van der Waals surface area contributed by atoms with Crippen LogP contribution >= 0.6 is 0 Å². The number of furan rings is 1. The first-order valence-corrected chi connectivity index (χ1v) is 5.19. The van der Waals surface area contributed by atoms with Crippen LogP contribution in [0.2, 0.25) is 0 Å². The third kappa shape index (κ3) is 2.87. The largest absolute Gasteiger partial charge is 0.465 e. The molecule has 0 unspecified atom stereocenters. The lowest BCUT2D eigenvalue weighted by atomic mass is 10.4. The van der Waals surface area contributed by atoms with Crippen LogP contribution < -0.4 is 5.32 Å². The predicted octanol–water partition coefficient (Wildman–Crippen LogP) is 1.29. The Hall–Kier alpha value is -1.75. The minimum atomic E-state index is -0.105. The number of hydrogen-bond acceptors (Lipinski definition) is 3. The number of amides is 2. The highest BCUT2D eigenvalue weighted by Gasteiger charge is 2.14. The molecule has 1 aromatic rings. The van der Waals surface area contributed by atoms with Gasteiger partial charge in [-0.05, 0) is 18.2 Å². The SMILES string of the molecule is O=C(N/C=C/c1ccco1)N1CCOCC1. The van der Waals surface area contributed by atoms with Gasteiger partial charge in [-0.15, -0.1) is 0 Å². The molecule has 0 spiro atoms. The standard InChI is InChI=1S/C11H14N2O3/c14-11(13-5-8-15-9-6-13)12-4-3-10-2-1-7-16-10/h1-4,7H,5-6,8-9H2,(H,12,14)/b4-3+. The van der Waals surface area contributed by atoms with Gasteiger partial charge in [0.15, 0.2) is 0 Å². The molecule has 0 bridgehead atoms. The van der Waals surface area contributed by atoms with E-state index in [1.54, 1.807) is 29.5 Å². The summed E-state index contributed by atoms with van der Waals surface area (Å²) < 4.78 is 10.2. The molecule has 1 saturated heterocycles. The number of carbonyl (C=O) groups excluding carboxylic acids is 1. The molecule has 0 aliphatic carbocycles. The first-order valence-electron chi connectivity index (χ1n) is 5.19. The second-order valence-corrected chi connectivity index (χ2v) is 3.40. The first kappa shape index (κ1) is 10.8. The van der Waals surface area contributed by atoms with E-state index in [0.29, 0.717) is 32.1 Å². The van der Waals surface area contributed by atoms with E-state index in [9.17, 15) is 4.79 Å². The molecule has 0 atom stereocenters. The highest BCUT2D eigenvalue weighted by Crippen LogP contribution is 2.01. The molecule has 0 aromatic carbocycles. The average Bonchev–Trinajstić information content (AvgIpc) is 2.83. The molecule has 5 nitrogen and oxygen atoms in total. The minimum Gasteiger partial charge on any atom is -0.465 e. The van der Waals surface area contributed by atoms with Crippen molar-refractivity contribution in [3.63, 3.8) is 0 Å². The number of carbonyl (C=O) groups is 1. The Morgan fingerprint density at radius 1 is 1.44 bits per heavy atom. The Labute approximate surface area is 93.7 Å². The van der Waals surface area contributed by atoms with Gasteiger partial charge in [0.2, 0.25) is 0 Å². The molecule has 1 aromatic heterocycles. The number of nitrogens with one attached hydrogen (secondary N) is 1. The maximum Gasteiger partial charge on any atom is 0.321 e. The van der Waals surface area contributed by atoms with Crippen molar-refractivity contribution in [1.29, 1.82) is 0 Å². The highest BCUT2D eigenvalue weighted by atomic mass is 16.5. The predicted molar refractivity (Wildman–Crippen MR) is 58.7 cm³/mol. The molecule has 0 saturated carbocycles. The summed E-state index contributed by atoms with van der Waals surface area (Å²) in [6.45, 7) is 2.49. The molecule has 2 rings (SSSR count). The van der Waals surface area contributed by atoms with Crippen LogP contribution in [0.25, 0.3) is 6.08 Å². The summed E-state index contributed by atoms with van der Waals surface area (Å²) >= 11 is 0. The molecule has 1 aliphatic heterocycles. The van der Waals surface area contributed by atoms with Crippen LogP contribution in [0.4, 0.5) is 4.79 Å². The van der Waals surface area contributed by atoms with Crippen LogP contribution in [0.15, 0.2) is 29.0 Å². The quantitative estimate of drug-likeness (QED) is 0.820. The number of ether oxygens (including phenoxy) is 1. The maximum atomic E-state index is 11.6. The number of rotatable bonds is 2. The molecule has 2 heterocycles. The van der Waals surface area contributed by atoms with E-state index in [1.807, 2.05) is 6.07 Å². The van der Waals surface area contributed by atoms with Crippen LogP contribution in [0.5, 0.6) is 0 Å². The summed E-state index contributed by atoms with van der Waals surface area (Å²) in [5.74, 6) is 0.710. The van der Waals surface area contributed by atoms with Gasteiger partial charge in [-0.1, -0.05) is 0 Å². The van der Waals surface area contributed by atoms with Gasteiger partial charge >= 0.3 is 6.03 Å². The summed E-state index contributed by atoms with van der Waals surface area (Å²) in [6, 6.07) is 3.51. The van der Waals surface area contributed by atoms with Crippen molar-refractivity contribution >= 4 is 12.1 Å². The van der Waals surface area contributed by atoms with E-state index >= 15 is 0 Å². The van der Waals surface area contributed by atoms with Crippen molar-refractivity contribution in [2.45, 2.75) is 0 Å². The third-order valence-electron chi connectivity index (χ3n) is 2.30. The van der Waals surface area contributed by atoms with Crippen molar-refractivity contribution in [3.8, 4) is 0 Å². The molecule has 1 N–H and O–H groups in total. The van der Waals surface area contributed by atoms with E-state index < -0.39 is 0 Å². The summed E-state index contributed by atoms with van der Waals surface area (Å²) in [5.41, 5.74) is 0. The van der Waals surface area contributed by atoms with Crippen LogP contribution in [0.3, 0.4) is 0 Å². The lowest BCUT2D eigenvalue weighted by Gasteiger charge is -2.26. The molecule has 2 amide bonds. The molecule has 1 fully saturated rings. The third-order valence-corrected chi connectivity index (χ3v) is 2.30. The molecular formula is C11H14N2O3. The van der Waals surface area contributed by atoms with Gasteiger partial charge in [-0.25, -0.2) is 4.79 Å². The smallest absolute Gasteiger partial charge is 0.321 e. The van der Waals surface area contributed by atoms with Crippen LogP contribution in [-0.2, 0) is 4.74 Å². The van der Waals surface area contributed by atoms with E-state index in [1.165, 1.54) is 0 Å². The van der Waals surface area contributed by atoms with Crippen molar-refractivity contribution < 1.29 is 13.9 Å². The topological polar surface area (TPSA) is 54.7 Å². The second kappa shape index (κ2) is 5.37. The Bertz CT molecular complexity index is 353. The number of morpholine rings is 1. The van der Waals surface area contributed by atoms with Crippen molar-refractivity contribution in [2.24, 2.45) is 0 Å². The van der Waals surface area contributed by atoms with Gasteiger partial charge in [0, 0.05) is 19.3 Å². The zero-order valence-corrected chi connectivity index (χ0v) is 8.89. The Balaban J connectivity index is 1.78. The van der Waals surface area contributed by atoms with Crippen LogP contribution in [0.1, 0.15) is 5.76 Å². The van der Waals surface area contributed by atoms with Gasteiger partial charge < -0.3 is 19.4 Å². The van der Waals surface area contributed by atoms with Crippen molar-refractivity contribution in [3.05, 3.63) is 30.4 Å². The van der Waals surface area contributed by atoms with E-state index in [-0.39, 0.29) is 6.03 Å². The van der Waals surface area contributed by atoms with E-state index in [2.05, 4.69) is 5.32 Å². The summed E-state index contributed by atoms with van der Waals surface area (Å²) in [5, 5.41) is 2.68. The number of urea groups is 1. The monoisotopic (exact) mass is 222 g/mol. The zero-order chi connectivity index (χ0) is 11.2. The number of nitrogens with zero attached hydrogens (tertiary/aromatic N) is 1. The summed E-state index contributed by atoms with van der Waals surface area (Å²) in [7, 11) is 0. The maximum absolute atomic E-state index is 11.6. The first-order chi connectivity index (χ1) is 7.86. The molecule has 86 valence electrons. The fourth-order valence-electron chi connectivity index (χ4n) is 1.44. The highest BCUT2D eigenvalue weighted by molar-refractivity contribution is 5.76.